The van der Waals surface area contributed by atoms with Crippen molar-refractivity contribution in [3.8, 4) is 11.8 Å². The Hall–Kier alpha value is -2.52. The molecule has 0 saturated carbocycles. The average molecular weight is 261 g/mol. The average Bonchev–Trinajstić information content (AvgIpc) is 2.41. The molecule has 1 aromatic rings. The van der Waals surface area contributed by atoms with Crippen molar-refractivity contribution in [2.45, 2.75) is 6.42 Å². The molecule has 0 aromatic heterocycles. The van der Waals surface area contributed by atoms with Crippen LogP contribution in [0.5, 0.6) is 5.75 Å². The number of phenols is 1. The number of hydrogen-bond acceptors (Lipinski definition) is 5. The van der Waals surface area contributed by atoms with E-state index in [4.69, 9.17) is 15.5 Å². The Balaban J connectivity index is 2.59. The summed E-state index contributed by atoms with van der Waals surface area (Å²) in [6, 6.07) is 7.71. The molecular formula is C13H15N3O3. The Morgan fingerprint density at radius 2 is 2.05 bits per heavy atom. The van der Waals surface area contributed by atoms with E-state index in [9.17, 15) is 4.79 Å². The Morgan fingerprint density at radius 3 is 2.63 bits per heavy atom. The third-order valence-electron chi connectivity index (χ3n) is 2.22. The third-order valence-corrected chi connectivity index (χ3v) is 2.22. The van der Waals surface area contributed by atoms with Gasteiger partial charge < -0.3 is 20.8 Å². The Bertz CT molecular complexity index is 489. The summed E-state index contributed by atoms with van der Waals surface area (Å²) in [6.07, 6.45) is 1.85. The first-order valence-electron chi connectivity index (χ1n) is 5.72. The molecule has 100 valence electrons. The zero-order chi connectivity index (χ0) is 14.1. The van der Waals surface area contributed by atoms with E-state index in [2.05, 4.69) is 10.6 Å². The molecule has 4 N–H and O–H groups in total. The van der Waals surface area contributed by atoms with Gasteiger partial charge in [0.15, 0.2) is 0 Å². The minimum Gasteiger partial charge on any atom is -0.508 e. The molecule has 0 spiro atoms. The fourth-order valence-corrected chi connectivity index (χ4v) is 1.25. The monoisotopic (exact) mass is 261 g/mol. The number of amides is 1. The smallest absolute Gasteiger partial charge is 0.267 e. The van der Waals surface area contributed by atoms with Crippen molar-refractivity contribution < 1.29 is 15.0 Å². The minimum atomic E-state index is -0.537. The topological polar surface area (TPSA) is 105 Å². The second-order valence-corrected chi connectivity index (χ2v) is 3.70. The molecule has 0 bridgehead atoms. The lowest BCUT2D eigenvalue weighted by Gasteiger charge is -2.05. The van der Waals surface area contributed by atoms with Crippen LogP contribution in [0.2, 0.25) is 0 Å². The Kier molecular flexibility index (Phi) is 5.92. The number of nitrogens with zero attached hydrogens (tertiary/aromatic N) is 1. The molecule has 0 aliphatic heterocycles. The third kappa shape index (κ3) is 5.10. The molecule has 1 rings (SSSR count). The number of aliphatic hydroxyl groups is 1. The van der Waals surface area contributed by atoms with E-state index in [0.717, 1.165) is 0 Å². The van der Waals surface area contributed by atoms with Crippen molar-refractivity contribution in [2.24, 2.45) is 0 Å². The van der Waals surface area contributed by atoms with Gasteiger partial charge in [0.05, 0.1) is 0 Å². The summed E-state index contributed by atoms with van der Waals surface area (Å²) in [5, 5.41) is 31.9. The number of nitrogens with one attached hydrogen (secondary N) is 2. The van der Waals surface area contributed by atoms with Crippen LogP contribution in [0.15, 0.2) is 36.0 Å². The van der Waals surface area contributed by atoms with Crippen LogP contribution in [0.3, 0.4) is 0 Å². The van der Waals surface area contributed by atoms with Gasteiger partial charge in [-0.25, -0.2) is 0 Å². The van der Waals surface area contributed by atoms with Crippen molar-refractivity contribution in [1.82, 2.24) is 5.32 Å². The van der Waals surface area contributed by atoms with Crippen molar-refractivity contribution in [1.29, 1.82) is 5.26 Å². The molecule has 0 unspecified atom stereocenters. The normalized spacial score (nSPS) is 10.6. The maximum absolute atomic E-state index is 11.7. The van der Waals surface area contributed by atoms with E-state index in [1.807, 2.05) is 0 Å². The Labute approximate surface area is 111 Å². The molecule has 0 aliphatic rings. The van der Waals surface area contributed by atoms with E-state index in [1.54, 1.807) is 6.07 Å². The number of anilines is 1. The summed E-state index contributed by atoms with van der Waals surface area (Å²) in [6.45, 7) is 0.524. The number of carbonyl (C=O) groups is 1. The number of nitriles is 1. The molecule has 1 amide bonds. The predicted molar refractivity (Wildman–Crippen MR) is 70.1 cm³/mol. The van der Waals surface area contributed by atoms with E-state index in [0.29, 0.717) is 18.7 Å². The Morgan fingerprint density at radius 1 is 1.37 bits per heavy atom. The van der Waals surface area contributed by atoms with Crippen molar-refractivity contribution in [3.63, 3.8) is 0 Å². The molecule has 1 aromatic carbocycles. The summed E-state index contributed by atoms with van der Waals surface area (Å²) in [5.41, 5.74) is 0.422. The highest BCUT2D eigenvalue weighted by Crippen LogP contribution is 2.14. The molecule has 6 nitrogen and oxygen atoms in total. The van der Waals surface area contributed by atoms with Crippen LogP contribution in [0.1, 0.15) is 6.42 Å². The fraction of sp³-hybridized carbons (Fsp3) is 0.231. The van der Waals surface area contributed by atoms with E-state index < -0.39 is 5.91 Å². The van der Waals surface area contributed by atoms with Gasteiger partial charge in [0.1, 0.15) is 17.4 Å². The second-order valence-electron chi connectivity index (χ2n) is 3.70. The maximum atomic E-state index is 11.7. The lowest BCUT2D eigenvalue weighted by atomic mass is 10.2. The van der Waals surface area contributed by atoms with Crippen LogP contribution in [-0.2, 0) is 4.79 Å². The molecule has 0 saturated heterocycles. The number of phenolic OH excluding ortho intramolecular Hbond substituents is 1. The van der Waals surface area contributed by atoms with Gasteiger partial charge in [0.25, 0.3) is 5.91 Å². The summed E-state index contributed by atoms with van der Waals surface area (Å²) in [7, 11) is 0. The van der Waals surface area contributed by atoms with E-state index >= 15 is 0 Å². The van der Waals surface area contributed by atoms with Crippen molar-refractivity contribution in [3.05, 3.63) is 36.0 Å². The van der Waals surface area contributed by atoms with Gasteiger partial charge in [-0.2, -0.15) is 5.26 Å². The largest absolute Gasteiger partial charge is 0.508 e. The number of hydrogen-bond donors (Lipinski definition) is 4. The van der Waals surface area contributed by atoms with E-state index in [-0.39, 0.29) is 17.9 Å². The number of aliphatic hydroxyl groups excluding tert-OH is 1. The highest BCUT2D eigenvalue weighted by atomic mass is 16.3. The van der Waals surface area contributed by atoms with Gasteiger partial charge in [-0.15, -0.1) is 0 Å². The van der Waals surface area contributed by atoms with Gasteiger partial charge in [0, 0.05) is 25.0 Å². The highest BCUT2D eigenvalue weighted by molar-refractivity contribution is 6.06. The standard InChI is InChI=1S/C13H15N3O3/c14-8-10(9-15-6-1-7-17)13(19)16-11-2-4-12(18)5-3-11/h2-5,9,15,17-18H,1,6-7H2,(H,16,19)/b10-9-. The van der Waals surface area contributed by atoms with Gasteiger partial charge in [-0.05, 0) is 30.7 Å². The molecule has 0 atom stereocenters. The molecule has 0 radical (unpaired) electrons. The predicted octanol–water partition coefficient (Wildman–Crippen LogP) is 0.710. The summed E-state index contributed by atoms with van der Waals surface area (Å²) < 4.78 is 0. The lowest BCUT2D eigenvalue weighted by Crippen LogP contribution is -2.17. The van der Waals surface area contributed by atoms with Crippen LogP contribution in [-0.4, -0.2) is 29.3 Å². The van der Waals surface area contributed by atoms with Crippen molar-refractivity contribution in [2.75, 3.05) is 18.5 Å². The molecule has 0 fully saturated rings. The summed E-state index contributed by atoms with van der Waals surface area (Å²) in [5.74, 6) is -0.440. The van der Waals surface area contributed by atoms with Gasteiger partial charge in [0.2, 0.25) is 0 Å². The molecule has 0 aliphatic carbocycles. The van der Waals surface area contributed by atoms with Crippen molar-refractivity contribution >= 4 is 11.6 Å². The summed E-state index contributed by atoms with van der Waals surface area (Å²) >= 11 is 0. The lowest BCUT2D eigenvalue weighted by molar-refractivity contribution is -0.112. The second kappa shape index (κ2) is 7.74. The maximum Gasteiger partial charge on any atom is 0.267 e. The highest BCUT2D eigenvalue weighted by Gasteiger charge is 2.08. The first-order valence-corrected chi connectivity index (χ1v) is 5.72. The van der Waals surface area contributed by atoms with Gasteiger partial charge >= 0.3 is 0 Å². The zero-order valence-electron chi connectivity index (χ0n) is 10.3. The fourth-order valence-electron chi connectivity index (χ4n) is 1.25. The summed E-state index contributed by atoms with van der Waals surface area (Å²) in [4.78, 5) is 11.7. The number of rotatable bonds is 6. The van der Waals surface area contributed by atoms with Crippen LogP contribution >= 0.6 is 0 Å². The molecule has 6 heteroatoms. The van der Waals surface area contributed by atoms with E-state index in [1.165, 1.54) is 30.5 Å². The number of carbonyl (C=O) groups excluding carboxylic acids is 1. The van der Waals surface area contributed by atoms with Gasteiger partial charge in [-0.3, -0.25) is 4.79 Å². The SMILES string of the molecule is N#C/C(=C/NCCCO)C(=O)Nc1ccc(O)cc1. The van der Waals surface area contributed by atoms with Gasteiger partial charge in [-0.1, -0.05) is 0 Å². The molecular weight excluding hydrogens is 246 g/mol. The number of aromatic hydroxyl groups is 1. The van der Waals surface area contributed by atoms with Crippen LogP contribution in [0.4, 0.5) is 5.69 Å². The van der Waals surface area contributed by atoms with Crippen LogP contribution in [0, 0.1) is 11.3 Å². The minimum absolute atomic E-state index is 0.0441. The molecule has 19 heavy (non-hydrogen) atoms. The first kappa shape index (κ1) is 14.5. The number of benzene rings is 1. The van der Waals surface area contributed by atoms with Crippen LogP contribution < -0.4 is 10.6 Å². The first-order chi connectivity index (χ1) is 9.17. The quantitative estimate of drug-likeness (QED) is 0.261. The van der Waals surface area contributed by atoms with Crippen LogP contribution in [0.25, 0.3) is 0 Å². The zero-order valence-corrected chi connectivity index (χ0v) is 10.3. The molecule has 0 heterocycles.